The molecule has 0 N–H and O–H groups in total. The summed E-state index contributed by atoms with van der Waals surface area (Å²) in [6.45, 7) is 0.782. The van der Waals surface area contributed by atoms with Crippen LogP contribution in [0.25, 0.3) is 0 Å². The first-order chi connectivity index (χ1) is 7.68. The second-order valence-electron chi connectivity index (χ2n) is 4.08. The lowest BCUT2D eigenvalue weighted by molar-refractivity contribution is 0.0127. The third-order valence-electron chi connectivity index (χ3n) is 2.85. The predicted octanol–water partition coefficient (Wildman–Crippen LogP) is 2.32. The molecular formula is C11H15BrN2O2. The summed E-state index contributed by atoms with van der Waals surface area (Å²) in [6.07, 6.45) is 5.45. The van der Waals surface area contributed by atoms with Gasteiger partial charge >= 0.3 is 0 Å². The summed E-state index contributed by atoms with van der Waals surface area (Å²) >= 11 is 3.34. The van der Waals surface area contributed by atoms with Crippen molar-refractivity contribution in [1.82, 2.24) is 9.78 Å². The summed E-state index contributed by atoms with van der Waals surface area (Å²) in [7, 11) is 1.78. The lowest BCUT2D eigenvalue weighted by atomic mass is 10.0. The monoisotopic (exact) mass is 286 g/mol. The topological polar surface area (TPSA) is 44.1 Å². The maximum absolute atomic E-state index is 12.0. The molecule has 1 aliphatic heterocycles. The highest BCUT2D eigenvalue weighted by molar-refractivity contribution is 9.10. The molecule has 0 aliphatic carbocycles. The standard InChI is InChI=1S/C11H15BrN2O2/c1-14-11(9(12)7-13-14)10(15)6-8-4-2-3-5-16-8/h7-8H,2-6H2,1H3. The van der Waals surface area contributed by atoms with Crippen LogP contribution in [-0.2, 0) is 11.8 Å². The number of ether oxygens (including phenoxy) is 1. The summed E-state index contributed by atoms with van der Waals surface area (Å²) in [6, 6.07) is 0. The van der Waals surface area contributed by atoms with E-state index in [9.17, 15) is 4.79 Å². The number of ketones is 1. The molecular weight excluding hydrogens is 272 g/mol. The number of Topliss-reactive ketones (excluding diaryl/α,β-unsaturated/α-hetero) is 1. The Hall–Kier alpha value is -0.680. The third-order valence-corrected chi connectivity index (χ3v) is 3.43. The van der Waals surface area contributed by atoms with Gasteiger partial charge in [-0.1, -0.05) is 0 Å². The Morgan fingerprint density at radius 1 is 1.69 bits per heavy atom. The van der Waals surface area contributed by atoms with Gasteiger partial charge in [0.2, 0.25) is 0 Å². The first-order valence-corrected chi connectivity index (χ1v) is 6.30. The van der Waals surface area contributed by atoms with Crippen LogP contribution < -0.4 is 0 Å². The van der Waals surface area contributed by atoms with E-state index in [4.69, 9.17) is 4.74 Å². The zero-order valence-electron chi connectivity index (χ0n) is 9.28. The zero-order chi connectivity index (χ0) is 11.5. The molecule has 0 bridgehead atoms. The molecule has 1 aliphatic rings. The van der Waals surface area contributed by atoms with Crippen molar-refractivity contribution in [3.8, 4) is 0 Å². The van der Waals surface area contributed by atoms with E-state index < -0.39 is 0 Å². The molecule has 5 heteroatoms. The number of aryl methyl sites for hydroxylation is 1. The molecule has 0 aromatic carbocycles. The Morgan fingerprint density at radius 2 is 2.50 bits per heavy atom. The normalized spacial score (nSPS) is 21.0. The molecule has 88 valence electrons. The summed E-state index contributed by atoms with van der Waals surface area (Å²) < 4.78 is 7.93. The van der Waals surface area contributed by atoms with Crippen molar-refractivity contribution in [2.45, 2.75) is 31.8 Å². The highest BCUT2D eigenvalue weighted by Gasteiger charge is 2.22. The number of hydrogen-bond acceptors (Lipinski definition) is 3. The zero-order valence-corrected chi connectivity index (χ0v) is 10.9. The van der Waals surface area contributed by atoms with Crippen LogP contribution in [0.5, 0.6) is 0 Å². The average molecular weight is 287 g/mol. The van der Waals surface area contributed by atoms with Gasteiger partial charge in [0.1, 0.15) is 5.69 Å². The van der Waals surface area contributed by atoms with Crippen molar-refractivity contribution >= 4 is 21.7 Å². The number of carbonyl (C=O) groups excluding carboxylic acids is 1. The molecule has 0 amide bonds. The fourth-order valence-electron chi connectivity index (χ4n) is 2.00. The molecule has 1 aromatic heterocycles. The lowest BCUT2D eigenvalue weighted by Crippen LogP contribution is -2.23. The highest BCUT2D eigenvalue weighted by Crippen LogP contribution is 2.21. The molecule has 2 heterocycles. The number of hydrogen-bond donors (Lipinski definition) is 0. The summed E-state index contributed by atoms with van der Waals surface area (Å²) in [5.74, 6) is 0.0961. The Balaban J connectivity index is 2.02. The molecule has 2 rings (SSSR count). The summed E-state index contributed by atoms with van der Waals surface area (Å²) in [4.78, 5) is 12.0. The van der Waals surface area contributed by atoms with Gasteiger partial charge < -0.3 is 4.74 Å². The largest absolute Gasteiger partial charge is 0.378 e. The van der Waals surface area contributed by atoms with E-state index in [0.717, 1.165) is 30.3 Å². The quantitative estimate of drug-likeness (QED) is 0.801. The minimum atomic E-state index is 0.0862. The van der Waals surface area contributed by atoms with Gasteiger partial charge in [0, 0.05) is 20.1 Å². The number of rotatable bonds is 3. The van der Waals surface area contributed by atoms with Gasteiger partial charge in [-0.3, -0.25) is 9.48 Å². The minimum Gasteiger partial charge on any atom is -0.378 e. The summed E-state index contributed by atoms with van der Waals surface area (Å²) in [5.41, 5.74) is 0.633. The van der Waals surface area contributed by atoms with Crippen LogP contribution in [0.2, 0.25) is 0 Å². The van der Waals surface area contributed by atoms with Gasteiger partial charge in [0.15, 0.2) is 5.78 Å². The lowest BCUT2D eigenvalue weighted by Gasteiger charge is -2.21. The summed E-state index contributed by atoms with van der Waals surface area (Å²) in [5, 5.41) is 4.04. The SMILES string of the molecule is Cn1ncc(Br)c1C(=O)CC1CCCCO1. The van der Waals surface area contributed by atoms with Crippen LogP contribution in [-0.4, -0.2) is 28.3 Å². The van der Waals surface area contributed by atoms with Gasteiger partial charge in [-0.05, 0) is 35.2 Å². The average Bonchev–Trinajstić information content (AvgIpc) is 2.60. The molecule has 16 heavy (non-hydrogen) atoms. The van der Waals surface area contributed by atoms with Crippen molar-refractivity contribution in [1.29, 1.82) is 0 Å². The van der Waals surface area contributed by atoms with Gasteiger partial charge in [-0.25, -0.2) is 0 Å². The van der Waals surface area contributed by atoms with Crippen LogP contribution in [0, 0.1) is 0 Å². The van der Waals surface area contributed by atoms with Crippen LogP contribution in [0.4, 0.5) is 0 Å². The van der Waals surface area contributed by atoms with E-state index in [1.165, 1.54) is 0 Å². The Kier molecular flexibility index (Phi) is 3.76. The molecule has 1 atom stereocenters. The molecule has 4 nitrogen and oxygen atoms in total. The van der Waals surface area contributed by atoms with E-state index in [0.29, 0.717) is 12.1 Å². The van der Waals surface area contributed by atoms with E-state index in [2.05, 4.69) is 21.0 Å². The van der Waals surface area contributed by atoms with Gasteiger partial charge in [0.25, 0.3) is 0 Å². The molecule has 1 saturated heterocycles. The minimum absolute atomic E-state index is 0.0862. The van der Waals surface area contributed by atoms with Crippen LogP contribution >= 0.6 is 15.9 Å². The van der Waals surface area contributed by atoms with Crippen LogP contribution in [0.3, 0.4) is 0 Å². The fourth-order valence-corrected chi connectivity index (χ4v) is 2.57. The van der Waals surface area contributed by atoms with Crippen molar-refractivity contribution in [3.63, 3.8) is 0 Å². The van der Waals surface area contributed by atoms with Crippen LogP contribution in [0.1, 0.15) is 36.2 Å². The molecule has 1 aromatic rings. The van der Waals surface area contributed by atoms with Gasteiger partial charge in [-0.15, -0.1) is 0 Å². The van der Waals surface area contributed by atoms with Crippen molar-refractivity contribution < 1.29 is 9.53 Å². The molecule has 0 spiro atoms. The van der Waals surface area contributed by atoms with E-state index >= 15 is 0 Å². The highest BCUT2D eigenvalue weighted by atomic mass is 79.9. The maximum atomic E-state index is 12.0. The van der Waals surface area contributed by atoms with Gasteiger partial charge in [-0.2, -0.15) is 5.10 Å². The number of nitrogens with zero attached hydrogens (tertiary/aromatic N) is 2. The Bertz CT molecular complexity index is 364. The van der Waals surface area contributed by atoms with E-state index in [-0.39, 0.29) is 11.9 Å². The number of carbonyl (C=O) groups is 1. The van der Waals surface area contributed by atoms with E-state index in [1.807, 2.05) is 0 Å². The van der Waals surface area contributed by atoms with Crippen LogP contribution in [0.15, 0.2) is 10.7 Å². The van der Waals surface area contributed by atoms with Crippen molar-refractivity contribution in [3.05, 3.63) is 16.4 Å². The molecule has 0 saturated carbocycles. The van der Waals surface area contributed by atoms with Crippen molar-refractivity contribution in [2.75, 3.05) is 6.61 Å². The molecule has 1 unspecified atom stereocenters. The van der Waals surface area contributed by atoms with E-state index in [1.54, 1.807) is 17.9 Å². The third kappa shape index (κ3) is 2.52. The molecule has 1 fully saturated rings. The smallest absolute Gasteiger partial charge is 0.184 e. The molecule has 0 radical (unpaired) electrons. The number of halogens is 1. The van der Waals surface area contributed by atoms with Gasteiger partial charge in [0.05, 0.1) is 16.8 Å². The first-order valence-electron chi connectivity index (χ1n) is 5.51. The fraction of sp³-hybridized carbons (Fsp3) is 0.636. The predicted molar refractivity (Wildman–Crippen MR) is 63.4 cm³/mol. The maximum Gasteiger partial charge on any atom is 0.184 e. The second-order valence-corrected chi connectivity index (χ2v) is 4.93. The van der Waals surface area contributed by atoms with Crippen molar-refractivity contribution in [2.24, 2.45) is 7.05 Å². The Labute approximate surface area is 103 Å². The second kappa shape index (κ2) is 5.10. The Morgan fingerprint density at radius 3 is 3.06 bits per heavy atom. The first kappa shape index (κ1) is 11.8. The number of aromatic nitrogens is 2.